The van der Waals surface area contributed by atoms with Crippen LogP contribution in [0.5, 0.6) is 0 Å². The van der Waals surface area contributed by atoms with Gasteiger partial charge in [-0.3, -0.25) is 4.99 Å². The van der Waals surface area contributed by atoms with Gasteiger partial charge in [0.15, 0.2) is 5.96 Å². The minimum absolute atomic E-state index is 0.621. The van der Waals surface area contributed by atoms with Gasteiger partial charge in [0, 0.05) is 38.8 Å². The molecule has 0 aliphatic carbocycles. The van der Waals surface area contributed by atoms with Crippen molar-refractivity contribution in [1.29, 1.82) is 0 Å². The van der Waals surface area contributed by atoms with E-state index in [0.29, 0.717) is 6.04 Å². The molecule has 2 aliphatic rings. The van der Waals surface area contributed by atoms with E-state index in [1.165, 1.54) is 24.4 Å². The minimum Gasteiger partial charge on any atom is -0.360 e. The Bertz CT molecular complexity index is 493. The lowest BCUT2D eigenvalue weighted by molar-refractivity contribution is 0.314. The number of hydrogen-bond acceptors (Lipinski definition) is 4. The SMILES string of the molecule is CCNC(=NCC1CCCN1C)N1CCN(c2cccs2)CC1. The molecule has 3 heterocycles. The van der Waals surface area contributed by atoms with Gasteiger partial charge in [-0.1, -0.05) is 0 Å². The lowest BCUT2D eigenvalue weighted by Gasteiger charge is -2.37. The lowest BCUT2D eigenvalue weighted by Crippen LogP contribution is -2.52. The standard InChI is InChI=1S/C17H29N5S/c1-3-18-17(19-14-15-6-4-8-20(15)2)22-11-9-21(10-12-22)16-7-5-13-23-16/h5,7,13,15H,3-4,6,8-12,14H2,1-2H3,(H,18,19). The monoisotopic (exact) mass is 335 g/mol. The van der Waals surface area contributed by atoms with Crippen molar-refractivity contribution in [2.45, 2.75) is 25.8 Å². The molecule has 0 amide bonds. The molecule has 1 atom stereocenters. The fourth-order valence-corrected chi connectivity index (χ4v) is 4.20. The number of aliphatic imine (C=N–C) groups is 1. The van der Waals surface area contributed by atoms with Gasteiger partial charge in [0.25, 0.3) is 0 Å². The second kappa shape index (κ2) is 8.02. The topological polar surface area (TPSA) is 34.1 Å². The van der Waals surface area contributed by atoms with Crippen LogP contribution in [0.2, 0.25) is 0 Å². The molecule has 128 valence electrons. The number of nitrogens with zero attached hydrogens (tertiary/aromatic N) is 4. The van der Waals surface area contributed by atoms with E-state index in [9.17, 15) is 0 Å². The van der Waals surface area contributed by atoms with Gasteiger partial charge in [0.05, 0.1) is 11.5 Å². The third-order valence-corrected chi connectivity index (χ3v) is 5.78. The molecule has 5 nitrogen and oxygen atoms in total. The van der Waals surface area contributed by atoms with Gasteiger partial charge in [0.2, 0.25) is 0 Å². The third kappa shape index (κ3) is 4.18. The van der Waals surface area contributed by atoms with Crippen molar-refractivity contribution in [2.75, 3.05) is 57.8 Å². The zero-order valence-corrected chi connectivity index (χ0v) is 15.2. The molecule has 0 saturated carbocycles. The van der Waals surface area contributed by atoms with Gasteiger partial charge in [-0.05, 0) is 50.9 Å². The van der Waals surface area contributed by atoms with Gasteiger partial charge < -0.3 is 20.0 Å². The summed E-state index contributed by atoms with van der Waals surface area (Å²) in [5, 5.41) is 7.03. The molecular weight excluding hydrogens is 306 g/mol. The van der Waals surface area contributed by atoms with Crippen LogP contribution in [0.3, 0.4) is 0 Å². The maximum absolute atomic E-state index is 4.93. The fourth-order valence-electron chi connectivity index (χ4n) is 3.42. The van der Waals surface area contributed by atoms with E-state index in [1.807, 2.05) is 11.3 Å². The molecule has 1 N–H and O–H groups in total. The van der Waals surface area contributed by atoms with E-state index >= 15 is 0 Å². The molecule has 23 heavy (non-hydrogen) atoms. The van der Waals surface area contributed by atoms with Gasteiger partial charge in [-0.15, -0.1) is 11.3 Å². The molecule has 6 heteroatoms. The second-order valence-electron chi connectivity index (χ2n) is 6.40. The van der Waals surface area contributed by atoms with E-state index < -0.39 is 0 Å². The Labute approximate surface area is 144 Å². The Morgan fingerprint density at radius 1 is 1.30 bits per heavy atom. The van der Waals surface area contributed by atoms with Crippen LogP contribution >= 0.6 is 11.3 Å². The van der Waals surface area contributed by atoms with Crippen molar-refractivity contribution in [3.63, 3.8) is 0 Å². The van der Waals surface area contributed by atoms with Gasteiger partial charge in [-0.2, -0.15) is 0 Å². The molecule has 1 unspecified atom stereocenters. The first-order valence-corrected chi connectivity index (χ1v) is 9.68. The number of hydrogen-bond donors (Lipinski definition) is 1. The number of anilines is 1. The molecule has 0 bridgehead atoms. The summed E-state index contributed by atoms with van der Waals surface area (Å²) in [7, 11) is 2.22. The molecule has 2 saturated heterocycles. The molecule has 3 rings (SSSR count). The molecule has 1 aromatic rings. The molecule has 1 aromatic heterocycles. The molecule has 0 spiro atoms. The predicted molar refractivity (Wildman–Crippen MR) is 99.7 cm³/mol. The first-order valence-electron chi connectivity index (χ1n) is 8.80. The predicted octanol–water partition coefficient (Wildman–Crippen LogP) is 1.93. The average molecular weight is 336 g/mol. The maximum Gasteiger partial charge on any atom is 0.194 e. The van der Waals surface area contributed by atoms with Crippen LogP contribution in [0.25, 0.3) is 0 Å². The van der Waals surface area contributed by atoms with E-state index in [4.69, 9.17) is 4.99 Å². The zero-order chi connectivity index (χ0) is 16.1. The van der Waals surface area contributed by atoms with Crippen molar-refractivity contribution in [2.24, 2.45) is 4.99 Å². The third-order valence-electron chi connectivity index (χ3n) is 4.86. The summed E-state index contributed by atoms with van der Waals surface area (Å²) in [5.74, 6) is 1.10. The minimum atomic E-state index is 0.621. The summed E-state index contributed by atoms with van der Waals surface area (Å²) in [5.41, 5.74) is 0. The zero-order valence-electron chi connectivity index (χ0n) is 14.4. The van der Waals surface area contributed by atoms with Crippen molar-refractivity contribution < 1.29 is 0 Å². The fraction of sp³-hybridized carbons (Fsp3) is 0.706. The molecule has 0 radical (unpaired) electrons. The van der Waals surface area contributed by atoms with Crippen molar-refractivity contribution in [1.82, 2.24) is 15.1 Å². The van der Waals surface area contributed by atoms with Crippen LogP contribution < -0.4 is 10.2 Å². The van der Waals surface area contributed by atoms with E-state index in [-0.39, 0.29) is 0 Å². The highest BCUT2D eigenvalue weighted by molar-refractivity contribution is 7.14. The van der Waals surface area contributed by atoms with Crippen LogP contribution in [0.15, 0.2) is 22.5 Å². The summed E-state index contributed by atoms with van der Waals surface area (Å²) in [6.07, 6.45) is 2.60. The first-order chi connectivity index (χ1) is 11.3. The molecule has 2 aliphatic heterocycles. The summed E-state index contributed by atoms with van der Waals surface area (Å²) in [6, 6.07) is 4.97. The van der Waals surface area contributed by atoms with Crippen molar-refractivity contribution in [3.05, 3.63) is 17.5 Å². The summed E-state index contributed by atoms with van der Waals surface area (Å²) < 4.78 is 0. The number of guanidine groups is 1. The smallest absolute Gasteiger partial charge is 0.194 e. The molecule has 0 aromatic carbocycles. The van der Waals surface area contributed by atoms with Crippen LogP contribution in [-0.4, -0.2) is 74.7 Å². The number of piperazine rings is 1. The van der Waals surface area contributed by atoms with Gasteiger partial charge in [-0.25, -0.2) is 0 Å². The largest absolute Gasteiger partial charge is 0.360 e. The Morgan fingerprint density at radius 2 is 2.13 bits per heavy atom. The average Bonchev–Trinajstić information content (AvgIpc) is 3.24. The number of likely N-dealkylation sites (N-methyl/N-ethyl adjacent to an activating group) is 1. The quantitative estimate of drug-likeness (QED) is 0.673. The highest BCUT2D eigenvalue weighted by Gasteiger charge is 2.23. The number of likely N-dealkylation sites (tertiary alicyclic amines) is 1. The van der Waals surface area contributed by atoms with Crippen LogP contribution in [0.1, 0.15) is 19.8 Å². The van der Waals surface area contributed by atoms with Crippen LogP contribution in [0, 0.1) is 0 Å². The summed E-state index contributed by atoms with van der Waals surface area (Å²) >= 11 is 1.83. The Balaban J connectivity index is 1.56. The summed E-state index contributed by atoms with van der Waals surface area (Å²) in [4.78, 5) is 12.3. The van der Waals surface area contributed by atoms with Crippen LogP contribution in [0.4, 0.5) is 5.00 Å². The Morgan fingerprint density at radius 3 is 2.74 bits per heavy atom. The molecule has 2 fully saturated rings. The first kappa shape index (κ1) is 16.6. The second-order valence-corrected chi connectivity index (χ2v) is 7.32. The molecular formula is C17H29N5S. The van der Waals surface area contributed by atoms with Crippen molar-refractivity contribution >= 4 is 22.3 Å². The Hall–Kier alpha value is -1.27. The summed E-state index contributed by atoms with van der Waals surface area (Å²) in [6.45, 7) is 9.47. The van der Waals surface area contributed by atoms with E-state index in [1.54, 1.807) is 0 Å². The highest BCUT2D eigenvalue weighted by Crippen LogP contribution is 2.22. The van der Waals surface area contributed by atoms with Gasteiger partial charge in [0.1, 0.15) is 0 Å². The maximum atomic E-state index is 4.93. The van der Waals surface area contributed by atoms with Crippen LogP contribution in [-0.2, 0) is 0 Å². The normalized spacial score (nSPS) is 23.6. The number of rotatable bonds is 4. The van der Waals surface area contributed by atoms with Crippen molar-refractivity contribution in [3.8, 4) is 0 Å². The number of nitrogens with one attached hydrogen (secondary N) is 1. The van der Waals surface area contributed by atoms with E-state index in [0.717, 1.165) is 45.2 Å². The van der Waals surface area contributed by atoms with E-state index in [2.05, 4.69) is 51.5 Å². The van der Waals surface area contributed by atoms with Gasteiger partial charge >= 0.3 is 0 Å². The lowest BCUT2D eigenvalue weighted by atomic mass is 10.2. The highest BCUT2D eigenvalue weighted by atomic mass is 32.1. The Kier molecular flexibility index (Phi) is 5.78. The number of thiophene rings is 1.